The van der Waals surface area contributed by atoms with Crippen LogP contribution in [0.4, 0.5) is 0 Å². The second-order valence-corrected chi connectivity index (χ2v) is 10.5. The van der Waals surface area contributed by atoms with E-state index in [1.54, 1.807) is 56.3 Å². The Bertz CT molecular complexity index is 1270. The topological polar surface area (TPSA) is 115 Å². The summed E-state index contributed by atoms with van der Waals surface area (Å²) in [7, 11) is -8.18. The van der Waals surface area contributed by atoms with Gasteiger partial charge in [-0.2, -0.15) is 0 Å². The lowest BCUT2D eigenvalue weighted by Gasteiger charge is -2.20. The van der Waals surface area contributed by atoms with E-state index in [2.05, 4.69) is 0 Å². The van der Waals surface area contributed by atoms with Gasteiger partial charge < -0.3 is 5.11 Å². The molecule has 6 nitrogen and oxygen atoms in total. The van der Waals surface area contributed by atoms with Crippen LogP contribution in [-0.2, 0) is 26.3 Å². The number of sulfonamides is 1. The van der Waals surface area contributed by atoms with Crippen LogP contribution in [0, 0.1) is 13.8 Å². The van der Waals surface area contributed by atoms with Gasteiger partial charge in [0, 0.05) is 6.42 Å². The second-order valence-electron chi connectivity index (χ2n) is 7.09. The average molecular weight is 446 g/mol. The lowest BCUT2D eigenvalue weighted by atomic mass is 9.94. The van der Waals surface area contributed by atoms with Crippen molar-refractivity contribution in [1.29, 1.82) is 0 Å². The number of aliphatic hydroxyl groups is 1. The van der Waals surface area contributed by atoms with Crippen LogP contribution in [0.2, 0.25) is 0 Å². The molecule has 30 heavy (non-hydrogen) atoms. The molecule has 0 radical (unpaired) electrons. The first-order chi connectivity index (χ1) is 14.0. The Labute approximate surface area is 177 Å². The normalized spacial score (nSPS) is 13.2. The van der Waals surface area contributed by atoms with Crippen molar-refractivity contribution in [1.82, 2.24) is 0 Å². The predicted molar refractivity (Wildman–Crippen MR) is 114 cm³/mol. The molecule has 1 atom stereocenters. The van der Waals surface area contributed by atoms with Crippen LogP contribution >= 0.6 is 0 Å². The van der Waals surface area contributed by atoms with Crippen LogP contribution in [0.15, 0.2) is 81.4 Å². The predicted octanol–water partition coefficient (Wildman–Crippen LogP) is 3.06. The molecule has 0 fully saturated rings. The largest absolute Gasteiger partial charge is 0.388 e. The fraction of sp³-hybridized carbons (Fsp3) is 0.182. The molecule has 0 aromatic heterocycles. The third-order valence-corrected chi connectivity index (χ3v) is 8.07. The van der Waals surface area contributed by atoms with Crippen molar-refractivity contribution in [3.63, 3.8) is 0 Å². The minimum Gasteiger partial charge on any atom is -0.388 e. The number of benzene rings is 3. The standard InChI is InChI=1S/C22H23NO5S2/c1-15-19(13-20(24)17-9-5-3-6-10-17)16(2)22(30(23,27)28)14-21(15)29(25,26)18-11-7-4-8-12-18/h3-12,14,20,24H,13H2,1-2H3,(H2,23,27,28)/t20-/m1/s1. The molecule has 0 aliphatic carbocycles. The van der Waals surface area contributed by atoms with Crippen molar-refractivity contribution in [2.75, 3.05) is 0 Å². The molecule has 0 aliphatic rings. The Morgan fingerprint density at radius 1 is 0.833 bits per heavy atom. The van der Waals surface area contributed by atoms with Gasteiger partial charge >= 0.3 is 0 Å². The van der Waals surface area contributed by atoms with Crippen LogP contribution in [0.5, 0.6) is 0 Å². The molecule has 158 valence electrons. The maximum atomic E-state index is 13.3. The third-order valence-electron chi connectivity index (χ3n) is 5.14. The highest BCUT2D eigenvalue weighted by Gasteiger charge is 2.28. The third kappa shape index (κ3) is 4.32. The van der Waals surface area contributed by atoms with Crippen molar-refractivity contribution in [2.24, 2.45) is 5.14 Å². The van der Waals surface area contributed by atoms with Gasteiger partial charge in [-0.3, -0.25) is 0 Å². The molecule has 3 N–H and O–H groups in total. The van der Waals surface area contributed by atoms with E-state index in [0.29, 0.717) is 22.3 Å². The van der Waals surface area contributed by atoms with Crippen molar-refractivity contribution in [3.8, 4) is 0 Å². The van der Waals surface area contributed by atoms with E-state index in [1.165, 1.54) is 12.1 Å². The summed E-state index contributed by atoms with van der Waals surface area (Å²) in [5.41, 5.74) is 1.80. The maximum Gasteiger partial charge on any atom is 0.238 e. The van der Waals surface area contributed by atoms with Crippen LogP contribution in [0.25, 0.3) is 0 Å². The SMILES string of the molecule is Cc1c(S(N)(=O)=O)cc(S(=O)(=O)c2ccccc2)c(C)c1C[C@@H](O)c1ccccc1. The Morgan fingerprint density at radius 2 is 1.33 bits per heavy atom. The summed E-state index contributed by atoms with van der Waals surface area (Å²) in [6.45, 7) is 3.18. The summed E-state index contributed by atoms with van der Waals surface area (Å²) < 4.78 is 50.9. The molecule has 0 spiro atoms. The molecule has 0 aliphatic heterocycles. The summed E-state index contributed by atoms with van der Waals surface area (Å²) in [6, 6.07) is 17.8. The lowest BCUT2D eigenvalue weighted by Crippen LogP contribution is -2.18. The smallest absolute Gasteiger partial charge is 0.238 e. The highest BCUT2D eigenvalue weighted by Crippen LogP contribution is 2.34. The van der Waals surface area contributed by atoms with Gasteiger partial charge in [-0.25, -0.2) is 22.0 Å². The molecule has 3 aromatic carbocycles. The molecule has 0 heterocycles. The number of nitrogens with two attached hydrogens (primary N) is 1. The minimum atomic E-state index is -4.18. The average Bonchev–Trinajstić information content (AvgIpc) is 2.71. The molecular formula is C22H23NO5S2. The maximum absolute atomic E-state index is 13.3. The molecule has 3 aromatic rings. The van der Waals surface area contributed by atoms with Gasteiger partial charge in [0.15, 0.2) is 0 Å². The van der Waals surface area contributed by atoms with Gasteiger partial charge in [0.1, 0.15) is 0 Å². The van der Waals surface area contributed by atoms with Crippen molar-refractivity contribution in [3.05, 3.63) is 89.0 Å². The zero-order valence-electron chi connectivity index (χ0n) is 16.6. The summed E-state index contributed by atoms with van der Waals surface area (Å²) in [6.07, 6.45) is -0.894. The Hall–Kier alpha value is -2.52. The number of rotatable bonds is 6. The summed E-state index contributed by atoms with van der Waals surface area (Å²) >= 11 is 0. The highest BCUT2D eigenvalue weighted by atomic mass is 32.2. The van der Waals surface area contributed by atoms with Crippen molar-refractivity contribution >= 4 is 19.9 Å². The summed E-state index contributed by atoms with van der Waals surface area (Å²) in [5, 5.41) is 16.1. The molecule has 3 rings (SSSR count). The fourth-order valence-corrected chi connectivity index (χ4v) is 5.98. The van der Waals surface area contributed by atoms with Gasteiger partial charge in [-0.05, 0) is 54.3 Å². The molecule has 8 heteroatoms. The van der Waals surface area contributed by atoms with E-state index in [9.17, 15) is 21.9 Å². The second kappa shape index (κ2) is 8.31. The summed E-state index contributed by atoms with van der Waals surface area (Å²) in [4.78, 5) is -0.358. The van der Waals surface area contributed by atoms with Crippen LogP contribution in [-0.4, -0.2) is 21.9 Å². The molecule has 0 amide bonds. The highest BCUT2D eigenvalue weighted by molar-refractivity contribution is 7.91. The van der Waals surface area contributed by atoms with E-state index in [0.717, 1.165) is 6.07 Å². The number of sulfone groups is 1. The van der Waals surface area contributed by atoms with Gasteiger partial charge in [0.05, 0.1) is 20.8 Å². The summed E-state index contributed by atoms with van der Waals surface area (Å²) in [5.74, 6) is 0. The van der Waals surface area contributed by atoms with Crippen molar-refractivity contribution in [2.45, 2.75) is 41.1 Å². The zero-order chi connectivity index (χ0) is 22.1. The number of aliphatic hydroxyl groups excluding tert-OH is 1. The van der Waals surface area contributed by atoms with Gasteiger partial charge in [-0.15, -0.1) is 0 Å². The first-order valence-corrected chi connectivity index (χ1v) is 12.3. The fourth-order valence-electron chi connectivity index (χ4n) is 3.51. The zero-order valence-corrected chi connectivity index (χ0v) is 18.2. The monoisotopic (exact) mass is 445 g/mol. The molecule has 0 saturated heterocycles. The van der Waals surface area contributed by atoms with Gasteiger partial charge in [-0.1, -0.05) is 48.5 Å². The number of primary sulfonamides is 1. The molecular weight excluding hydrogens is 422 g/mol. The Morgan fingerprint density at radius 3 is 1.87 bits per heavy atom. The van der Waals surface area contributed by atoms with Crippen molar-refractivity contribution < 1.29 is 21.9 Å². The number of hydrogen-bond donors (Lipinski definition) is 2. The van der Waals surface area contributed by atoms with Gasteiger partial charge in [0.2, 0.25) is 19.9 Å². The quantitative estimate of drug-likeness (QED) is 0.605. The first kappa shape index (κ1) is 22.2. The first-order valence-electron chi connectivity index (χ1n) is 9.22. The van der Waals surface area contributed by atoms with E-state index < -0.39 is 26.0 Å². The Kier molecular flexibility index (Phi) is 6.14. The number of hydrogen-bond acceptors (Lipinski definition) is 5. The molecule has 0 unspecified atom stereocenters. The minimum absolute atomic E-state index is 0.0440. The van der Waals surface area contributed by atoms with E-state index >= 15 is 0 Å². The van der Waals surface area contributed by atoms with Crippen LogP contribution < -0.4 is 5.14 Å². The molecule has 0 bridgehead atoms. The van der Waals surface area contributed by atoms with E-state index in [-0.39, 0.29) is 21.1 Å². The van der Waals surface area contributed by atoms with E-state index in [4.69, 9.17) is 5.14 Å². The lowest BCUT2D eigenvalue weighted by molar-refractivity contribution is 0.178. The Balaban J connectivity index is 2.24. The van der Waals surface area contributed by atoms with Gasteiger partial charge in [0.25, 0.3) is 0 Å². The van der Waals surface area contributed by atoms with Crippen LogP contribution in [0.1, 0.15) is 28.4 Å². The molecule has 0 saturated carbocycles. The van der Waals surface area contributed by atoms with E-state index in [1.807, 2.05) is 6.07 Å². The van der Waals surface area contributed by atoms with Crippen LogP contribution in [0.3, 0.4) is 0 Å².